The lowest BCUT2D eigenvalue weighted by Gasteiger charge is -2.31. The van der Waals surface area contributed by atoms with Crippen LogP contribution in [0.1, 0.15) is 24.6 Å². The number of methoxy groups -OCH3 is 2. The van der Waals surface area contributed by atoms with Crippen LogP contribution >= 0.6 is 0 Å². The van der Waals surface area contributed by atoms with E-state index in [1.165, 1.54) is 0 Å². The van der Waals surface area contributed by atoms with Gasteiger partial charge in [-0.25, -0.2) is 4.98 Å². The second-order valence-corrected chi connectivity index (χ2v) is 7.33. The standard InChI is InChI=1S/C22H26N4O3/c1-28-19-10-9-16(12-20(19)29-2)23-21(27)14-26-11-5-6-15(13-26)22-24-17-7-3-4-8-18(17)25-22/h3-4,7-10,12,15H,5-6,11,13-14H2,1-2H3,(H,23,27)(H,24,25). The summed E-state index contributed by atoms with van der Waals surface area (Å²) in [6, 6.07) is 13.4. The zero-order chi connectivity index (χ0) is 20.2. The Bertz CT molecular complexity index is 968. The second-order valence-electron chi connectivity index (χ2n) is 7.33. The Morgan fingerprint density at radius 3 is 2.83 bits per heavy atom. The summed E-state index contributed by atoms with van der Waals surface area (Å²) in [6.45, 7) is 2.08. The summed E-state index contributed by atoms with van der Waals surface area (Å²) < 4.78 is 10.5. The van der Waals surface area contributed by atoms with E-state index in [0.29, 0.717) is 29.6 Å². The first-order valence-electron chi connectivity index (χ1n) is 9.85. The number of anilines is 1. The summed E-state index contributed by atoms with van der Waals surface area (Å²) in [4.78, 5) is 22.9. The van der Waals surface area contributed by atoms with Crippen molar-refractivity contribution in [3.8, 4) is 11.5 Å². The van der Waals surface area contributed by atoms with Gasteiger partial charge in [0.25, 0.3) is 0 Å². The molecule has 3 aromatic rings. The van der Waals surface area contributed by atoms with Crippen LogP contribution in [0.2, 0.25) is 0 Å². The van der Waals surface area contributed by atoms with Gasteiger partial charge in [-0.2, -0.15) is 0 Å². The average Bonchev–Trinajstić information content (AvgIpc) is 3.18. The molecular weight excluding hydrogens is 368 g/mol. The number of likely N-dealkylation sites (tertiary alicyclic amines) is 1. The molecule has 1 saturated heterocycles. The maximum absolute atomic E-state index is 12.6. The number of ether oxygens (including phenoxy) is 2. The Labute approximate surface area is 170 Å². The Morgan fingerprint density at radius 1 is 1.21 bits per heavy atom. The van der Waals surface area contributed by atoms with Gasteiger partial charge in [-0.1, -0.05) is 12.1 Å². The monoisotopic (exact) mass is 394 g/mol. The van der Waals surface area contributed by atoms with E-state index in [4.69, 9.17) is 14.5 Å². The van der Waals surface area contributed by atoms with Crippen LogP contribution in [-0.2, 0) is 4.79 Å². The third kappa shape index (κ3) is 4.35. The topological polar surface area (TPSA) is 79.5 Å². The lowest BCUT2D eigenvalue weighted by atomic mass is 9.97. The van der Waals surface area contributed by atoms with Gasteiger partial charge >= 0.3 is 0 Å². The van der Waals surface area contributed by atoms with Crippen LogP contribution in [0.25, 0.3) is 11.0 Å². The molecule has 7 nitrogen and oxygen atoms in total. The molecule has 2 aromatic carbocycles. The normalized spacial score (nSPS) is 17.2. The maximum Gasteiger partial charge on any atom is 0.238 e. The number of hydrogen-bond donors (Lipinski definition) is 2. The van der Waals surface area contributed by atoms with Crippen LogP contribution in [0, 0.1) is 0 Å². The first-order valence-corrected chi connectivity index (χ1v) is 9.85. The van der Waals surface area contributed by atoms with Gasteiger partial charge in [0.1, 0.15) is 5.82 Å². The molecule has 4 rings (SSSR count). The highest BCUT2D eigenvalue weighted by Crippen LogP contribution is 2.30. The Morgan fingerprint density at radius 2 is 2.03 bits per heavy atom. The van der Waals surface area contributed by atoms with Gasteiger partial charge in [-0.3, -0.25) is 9.69 Å². The quantitative estimate of drug-likeness (QED) is 0.670. The van der Waals surface area contributed by atoms with Crippen molar-refractivity contribution in [1.29, 1.82) is 0 Å². The predicted octanol–water partition coefficient (Wildman–Crippen LogP) is 3.40. The molecule has 1 unspecified atom stereocenters. The summed E-state index contributed by atoms with van der Waals surface area (Å²) in [5.41, 5.74) is 2.75. The van der Waals surface area contributed by atoms with Crippen LogP contribution in [0.4, 0.5) is 5.69 Å². The molecule has 0 spiro atoms. The largest absolute Gasteiger partial charge is 0.493 e. The Hall–Kier alpha value is -3.06. The average molecular weight is 394 g/mol. The molecule has 1 amide bonds. The molecule has 1 aliphatic heterocycles. The van der Waals surface area contributed by atoms with Gasteiger partial charge in [0.2, 0.25) is 5.91 Å². The van der Waals surface area contributed by atoms with E-state index in [1.54, 1.807) is 26.4 Å². The Kier molecular flexibility index (Phi) is 5.67. The van der Waals surface area contributed by atoms with Crippen LogP contribution in [0.15, 0.2) is 42.5 Å². The number of para-hydroxylation sites is 2. The summed E-state index contributed by atoms with van der Waals surface area (Å²) in [7, 11) is 3.17. The second kappa shape index (κ2) is 8.53. The van der Waals surface area contributed by atoms with Gasteiger partial charge in [0.05, 0.1) is 31.8 Å². The van der Waals surface area contributed by atoms with Crippen molar-refractivity contribution >= 4 is 22.6 Å². The highest BCUT2D eigenvalue weighted by molar-refractivity contribution is 5.92. The van der Waals surface area contributed by atoms with Gasteiger partial charge in [0.15, 0.2) is 11.5 Å². The Balaban J connectivity index is 1.38. The van der Waals surface area contributed by atoms with E-state index in [-0.39, 0.29) is 5.91 Å². The number of benzene rings is 2. The summed E-state index contributed by atoms with van der Waals surface area (Å²) in [6.07, 6.45) is 2.12. The first kappa shape index (κ1) is 19.3. The highest BCUT2D eigenvalue weighted by atomic mass is 16.5. The molecule has 1 aromatic heterocycles. The molecular formula is C22H26N4O3. The molecule has 1 atom stereocenters. The third-order valence-electron chi connectivity index (χ3n) is 5.33. The van der Waals surface area contributed by atoms with Crippen LogP contribution in [0.5, 0.6) is 11.5 Å². The fourth-order valence-corrected chi connectivity index (χ4v) is 3.91. The number of piperidine rings is 1. The van der Waals surface area contributed by atoms with Crippen LogP contribution in [-0.4, -0.2) is 54.6 Å². The molecule has 0 aliphatic carbocycles. The van der Waals surface area contributed by atoms with E-state index in [9.17, 15) is 4.79 Å². The molecule has 2 heterocycles. The summed E-state index contributed by atoms with van der Waals surface area (Å²) >= 11 is 0. The zero-order valence-corrected chi connectivity index (χ0v) is 16.8. The SMILES string of the molecule is COc1ccc(NC(=O)CN2CCCC(c3nc4ccccc4[nH]3)C2)cc1OC. The van der Waals surface area contributed by atoms with Crippen LogP contribution in [0.3, 0.4) is 0 Å². The van der Waals surface area contributed by atoms with Gasteiger partial charge < -0.3 is 19.8 Å². The minimum atomic E-state index is -0.0394. The number of carbonyl (C=O) groups excluding carboxylic acids is 1. The molecule has 1 fully saturated rings. The molecule has 0 radical (unpaired) electrons. The third-order valence-corrected chi connectivity index (χ3v) is 5.33. The van der Waals surface area contributed by atoms with Crippen molar-refractivity contribution in [2.24, 2.45) is 0 Å². The predicted molar refractivity (Wildman–Crippen MR) is 113 cm³/mol. The van der Waals surface area contributed by atoms with Crippen molar-refractivity contribution in [3.05, 3.63) is 48.3 Å². The fraction of sp³-hybridized carbons (Fsp3) is 0.364. The molecule has 0 saturated carbocycles. The van der Waals surface area contributed by atoms with E-state index >= 15 is 0 Å². The number of nitrogens with zero attached hydrogens (tertiary/aromatic N) is 2. The molecule has 1 aliphatic rings. The highest BCUT2D eigenvalue weighted by Gasteiger charge is 2.25. The number of rotatable bonds is 6. The van der Waals surface area contributed by atoms with E-state index in [2.05, 4.69) is 15.2 Å². The number of H-pyrrole nitrogens is 1. The van der Waals surface area contributed by atoms with Gasteiger partial charge in [-0.05, 0) is 43.7 Å². The molecule has 152 valence electrons. The number of aromatic amines is 1. The van der Waals surface area contributed by atoms with E-state index < -0.39 is 0 Å². The number of fused-ring (bicyclic) bond motifs is 1. The van der Waals surface area contributed by atoms with Crippen molar-refractivity contribution in [3.63, 3.8) is 0 Å². The zero-order valence-electron chi connectivity index (χ0n) is 16.8. The summed E-state index contributed by atoms with van der Waals surface area (Å²) in [5.74, 6) is 2.51. The number of hydrogen-bond acceptors (Lipinski definition) is 5. The van der Waals surface area contributed by atoms with Crippen molar-refractivity contribution in [1.82, 2.24) is 14.9 Å². The lowest BCUT2D eigenvalue weighted by molar-refractivity contribution is -0.117. The minimum absolute atomic E-state index is 0.0394. The number of nitrogens with one attached hydrogen (secondary N) is 2. The van der Waals surface area contributed by atoms with E-state index in [0.717, 1.165) is 42.8 Å². The first-order chi connectivity index (χ1) is 14.2. The summed E-state index contributed by atoms with van der Waals surface area (Å²) in [5, 5.41) is 2.95. The molecule has 2 N–H and O–H groups in total. The van der Waals surface area contributed by atoms with Gasteiger partial charge in [0, 0.05) is 24.2 Å². The number of amides is 1. The molecule has 7 heteroatoms. The molecule has 29 heavy (non-hydrogen) atoms. The number of carbonyl (C=O) groups is 1. The number of aromatic nitrogens is 2. The maximum atomic E-state index is 12.6. The number of imidazole rings is 1. The van der Waals surface area contributed by atoms with Gasteiger partial charge in [-0.15, -0.1) is 0 Å². The minimum Gasteiger partial charge on any atom is -0.493 e. The fourth-order valence-electron chi connectivity index (χ4n) is 3.91. The van der Waals surface area contributed by atoms with Crippen molar-refractivity contribution < 1.29 is 14.3 Å². The van der Waals surface area contributed by atoms with Crippen LogP contribution < -0.4 is 14.8 Å². The van der Waals surface area contributed by atoms with Crippen molar-refractivity contribution in [2.75, 3.05) is 39.2 Å². The smallest absolute Gasteiger partial charge is 0.238 e. The lowest BCUT2D eigenvalue weighted by Crippen LogP contribution is -2.40. The van der Waals surface area contributed by atoms with E-state index in [1.807, 2.05) is 30.3 Å². The molecule has 0 bridgehead atoms. The van der Waals surface area contributed by atoms with Crippen molar-refractivity contribution in [2.45, 2.75) is 18.8 Å².